The third-order valence-electron chi connectivity index (χ3n) is 1.68. The van der Waals surface area contributed by atoms with Crippen molar-refractivity contribution >= 4 is 42.3 Å². The number of benzene rings is 1. The van der Waals surface area contributed by atoms with Gasteiger partial charge in [0.2, 0.25) is 0 Å². The monoisotopic (exact) mass is 362 g/mol. The van der Waals surface area contributed by atoms with Gasteiger partial charge in [-0.3, -0.25) is 0 Å². The van der Waals surface area contributed by atoms with Gasteiger partial charge in [-0.1, -0.05) is 0 Å². The summed E-state index contributed by atoms with van der Waals surface area (Å²) in [7, 11) is 4.33. The van der Waals surface area contributed by atoms with Crippen LogP contribution in [0.1, 0.15) is 0 Å². The van der Waals surface area contributed by atoms with E-state index < -0.39 is 9.05 Å². The average molecular weight is 363 g/mol. The van der Waals surface area contributed by atoms with E-state index in [1.54, 1.807) is 6.07 Å². The fraction of sp³-hybridized carbons (Fsp3) is 0.250. The SMILES string of the molecule is COc1cc(I)c(S(=O)(=O)Cl)c(OC)c1. The van der Waals surface area contributed by atoms with Gasteiger partial charge in [-0.25, -0.2) is 8.42 Å². The van der Waals surface area contributed by atoms with Gasteiger partial charge in [0.15, 0.2) is 0 Å². The smallest absolute Gasteiger partial charge is 0.266 e. The quantitative estimate of drug-likeness (QED) is 0.611. The molecule has 0 bridgehead atoms. The zero-order chi connectivity index (χ0) is 11.6. The molecule has 0 aliphatic carbocycles. The van der Waals surface area contributed by atoms with E-state index in [0.717, 1.165) is 0 Å². The van der Waals surface area contributed by atoms with Crippen molar-refractivity contribution in [2.45, 2.75) is 4.90 Å². The van der Waals surface area contributed by atoms with E-state index in [1.807, 2.05) is 22.6 Å². The minimum atomic E-state index is -3.82. The van der Waals surface area contributed by atoms with Crippen molar-refractivity contribution in [3.05, 3.63) is 15.7 Å². The Morgan fingerprint density at radius 1 is 1.27 bits per heavy atom. The van der Waals surface area contributed by atoms with E-state index in [9.17, 15) is 8.42 Å². The van der Waals surface area contributed by atoms with Crippen LogP contribution in [0.25, 0.3) is 0 Å². The van der Waals surface area contributed by atoms with Crippen molar-refractivity contribution in [1.82, 2.24) is 0 Å². The molecule has 0 heterocycles. The molecule has 0 atom stereocenters. The highest BCUT2D eigenvalue weighted by Gasteiger charge is 2.21. The lowest BCUT2D eigenvalue weighted by Crippen LogP contribution is -2.00. The molecule has 4 nitrogen and oxygen atoms in total. The molecule has 0 aliphatic heterocycles. The van der Waals surface area contributed by atoms with Gasteiger partial charge in [-0.05, 0) is 28.7 Å². The molecule has 0 N–H and O–H groups in total. The summed E-state index contributed by atoms with van der Waals surface area (Å²) in [6.07, 6.45) is 0. The highest BCUT2D eigenvalue weighted by atomic mass is 127. The summed E-state index contributed by atoms with van der Waals surface area (Å²) >= 11 is 1.86. The lowest BCUT2D eigenvalue weighted by molar-refractivity contribution is 0.385. The highest BCUT2D eigenvalue weighted by Crippen LogP contribution is 2.35. The molecular weight excluding hydrogens is 355 g/mol. The van der Waals surface area contributed by atoms with Gasteiger partial charge in [-0.2, -0.15) is 0 Å². The van der Waals surface area contributed by atoms with Crippen LogP contribution in [-0.4, -0.2) is 22.6 Å². The van der Waals surface area contributed by atoms with Gasteiger partial charge < -0.3 is 9.47 Å². The topological polar surface area (TPSA) is 52.6 Å². The Morgan fingerprint density at radius 2 is 1.87 bits per heavy atom. The number of ether oxygens (including phenoxy) is 2. The van der Waals surface area contributed by atoms with Crippen molar-refractivity contribution in [3.63, 3.8) is 0 Å². The Balaban J connectivity index is 3.52. The number of methoxy groups -OCH3 is 2. The Kier molecular flexibility index (Phi) is 4.07. The molecule has 1 aromatic rings. The van der Waals surface area contributed by atoms with Gasteiger partial charge >= 0.3 is 0 Å². The summed E-state index contributed by atoms with van der Waals surface area (Å²) in [5, 5.41) is 0. The van der Waals surface area contributed by atoms with Crippen molar-refractivity contribution in [2.24, 2.45) is 0 Å². The zero-order valence-electron chi connectivity index (χ0n) is 7.95. The molecule has 84 valence electrons. The van der Waals surface area contributed by atoms with Gasteiger partial charge in [0.25, 0.3) is 9.05 Å². The van der Waals surface area contributed by atoms with Crippen molar-refractivity contribution in [3.8, 4) is 11.5 Å². The van der Waals surface area contributed by atoms with Crippen LogP contribution in [0, 0.1) is 3.57 Å². The van der Waals surface area contributed by atoms with E-state index in [0.29, 0.717) is 9.32 Å². The molecule has 0 saturated carbocycles. The third-order valence-corrected chi connectivity index (χ3v) is 4.27. The summed E-state index contributed by atoms with van der Waals surface area (Å²) in [6.45, 7) is 0. The van der Waals surface area contributed by atoms with Gasteiger partial charge in [0.1, 0.15) is 16.4 Å². The first-order valence-electron chi connectivity index (χ1n) is 3.76. The molecule has 0 radical (unpaired) electrons. The number of hydrogen-bond acceptors (Lipinski definition) is 4. The van der Waals surface area contributed by atoms with Crippen LogP contribution in [0.2, 0.25) is 0 Å². The second-order valence-electron chi connectivity index (χ2n) is 2.58. The maximum Gasteiger partial charge on any atom is 0.266 e. The Bertz CT molecular complexity index is 472. The molecule has 0 aliphatic rings. The summed E-state index contributed by atoms with van der Waals surface area (Å²) in [5.74, 6) is 0.689. The molecular formula is C8H8ClIO4S. The van der Waals surface area contributed by atoms with Crippen LogP contribution < -0.4 is 9.47 Å². The summed E-state index contributed by atoms with van der Waals surface area (Å²) < 4.78 is 32.9. The normalized spacial score (nSPS) is 11.2. The van der Waals surface area contributed by atoms with E-state index in [1.165, 1.54) is 20.3 Å². The number of halogens is 2. The minimum Gasteiger partial charge on any atom is -0.497 e. The second kappa shape index (κ2) is 4.75. The van der Waals surface area contributed by atoms with E-state index in [2.05, 4.69) is 0 Å². The van der Waals surface area contributed by atoms with Crippen LogP contribution in [-0.2, 0) is 9.05 Å². The first-order chi connectivity index (χ1) is 6.90. The van der Waals surface area contributed by atoms with Crippen LogP contribution in [0.5, 0.6) is 11.5 Å². The standard InChI is InChI=1S/C8H8ClIO4S/c1-13-5-3-6(10)8(15(9,11)12)7(4-5)14-2/h3-4H,1-2H3. The fourth-order valence-electron chi connectivity index (χ4n) is 1.05. The first kappa shape index (κ1) is 12.9. The van der Waals surface area contributed by atoms with Gasteiger partial charge in [0.05, 0.1) is 14.2 Å². The first-order valence-corrected chi connectivity index (χ1v) is 7.15. The summed E-state index contributed by atoms with van der Waals surface area (Å²) in [4.78, 5) is -0.0342. The Morgan fingerprint density at radius 3 is 2.27 bits per heavy atom. The van der Waals surface area contributed by atoms with E-state index >= 15 is 0 Å². The van der Waals surface area contributed by atoms with Crippen LogP contribution in [0.3, 0.4) is 0 Å². The lowest BCUT2D eigenvalue weighted by atomic mass is 10.3. The third kappa shape index (κ3) is 2.88. The predicted molar refractivity (Wildman–Crippen MR) is 65.3 cm³/mol. The Labute approximate surface area is 106 Å². The summed E-state index contributed by atoms with van der Waals surface area (Å²) in [5.41, 5.74) is 0. The fourth-order valence-corrected chi connectivity index (χ4v) is 4.04. The average Bonchev–Trinajstić information content (AvgIpc) is 2.14. The number of rotatable bonds is 3. The molecule has 0 fully saturated rings. The molecule has 15 heavy (non-hydrogen) atoms. The lowest BCUT2D eigenvalue weighted by Gasteiger charge is -2.09. The van der Waals surface area contributed by atoms with Crippen LogP contribution in [0.15, 0.2) is 17.0 Å². The molecule has 7 heteroatoms. The van der Waals surface area contributed by atoms with Gasteiger partial charge in [-0.15, -0.1) is 0 Å². The summed E-state index contributed by atoms with van der Waals surface area (Å²) in [6, 6.07) is 3.04. The van der Waals surface area contributed by atoms with Crippen LogP contribution >= 0.6 is 33.3 Å². The predicted octanol–water partition coefficient (Wildman–Crippen LogP) is 2.24. The largest absolute Gasteiger partial charge is 0.497 e. The molecule has 0 amide bonds. The molecule has 0 saturated heterocycles. The maximum atomic E-state index is 11.3. The number of hydrogen-bond donors (Lipinski definition) is 0. The molecule has 1 rings (SSSR count). The molecule has 0 aromatic heterocycles. The van der Waals surface area contributed by atoms with Crippen molar-refractivity contribution in [1.29, 1.82) is 0 Å². The minimum absolute atomic E-state index is 0.0342. The molecule has 1 aromatic carbocycles. The zero-order valence-corrected chi connectivity index (χ0v) is 11.7. The molecule has 0 unspecified atom stereocenters. The maximum absolute atomic E-state index is 11.3. The van der Waals surface area contributed by atoms with E-state index in [-0.39, 0.29) is 10.6 Å². The molecule has 0 spiro atoms. The van der Waals surface area contributed by atoms with Gasteiger partial charge in [0, 0.05) is 20.3 Å². The van der Waals surface area contributed by atoms with Crippen LogP contribution in [0.4, 0.5) is 0 Å². The second-order valence-corrected chi connectivity index (χ2v) is 6.24. The van der Waals surface area contributed by atoms with E-state index in [4.69, 9.17) is 20.2 Å². The highest BCUT2D eigenvalue weighted by molar-refractivity contribution is 14.1. The van der Waals surface area contributed by atoms with Crippen molar-refractivity contribution < 1.29 is 17.9 Å². The van der Waals surface area contributed by atoms with Crippen molar-refractivity contribution in [2.75, 3.05) is 14.2 Å². The Hall–Kier alpha value is -0.210.